The van der Waals surface area contributed by atoms with Gasteiger partial charge in [-0.2, -0.15) is 4.37 Å². The molecule has 0 aliphatic rings. The van der Waals surface area contributed by atoms with Crippen molar-refractivity contribution in [1.29, 1.82) is 0 Å². The van der Waals surface area contributed by atoms with Crippen molar-refractivity contribution in [2.45, 2.75) is 19.8 Å². The van der Waals surface area contributed by atoms with Crippen LogP contribution < -0.4 is 0 Å². The number of rotatable bonds is 3. The molecule has 1 N–H and O–H groups in total. The minimum atomic E-state index is 0.339. The number of hydrogen-bond donors (Lipinski definition) is 1. The first-order valence-corrected chi connectivity index (χ1v) is 6.42. The minimum Gasteiger partial charge on any atom is -0.508 e. The Hall–Kier alpha value is -1.61. The van der Waals surface area contributed by atoms with E-state index in [1.54, 1.807) is 6.07 Å². The highest BCUT2D eigenvalue weighted by atomic mass is 32.1. The fourth-order valence-corrected chi connectivity index (χ4v) is 2.15. The Balaban J connectivity index is 2.21. The largest absolute Gasteiger partial charge is 0.508 e. The van der Waals surface area contributed by atoms with Crippen LogP contribution >= 0.6 is 11.5 Å². The number of nitrogens with zero attached hydrogens (tertiary/aromatic N) is 1. The summed E-state index contributed by atoms with van der Waals surface area (Å²) >= 11 is 1.43. The van der Waals surface area contributed by atoms with Gasteiger partial charge in [-0.05, 0) is 46.8 Å². The normalized spacial score (nSPS) is 11.5. The molecule has 0 radical (unpaired) electrons. The van der Waals surface area contributed by atoms with E-state index in [1.807, 2.05) is 35.7 Å². The van der Waals surface area contributed by atoms with Crippen LogP contribution in [0.2, 0.25) is 0 Å². The monoisotopic (exact) mass is 245 g/mol. The summed E-state index contributed by atoms with van der Waals surface area (Å²) in [6, 6.07) is 7.74. The Morgan fingerprint density at radius 3 is 2.65 bits per heavy atom. The molecule has 0 atom stereocenters. The van der Waals surface area contributed by atoms with Gasteiger partial charge < -0.3 is 5.11 Å². The zero-order valence-corrected chi connectivity index (χ0v) is 10.7. The van der Waals surface area contributed by atoms with Gasteiger partial charge in [0.05, 0.1) is 5.69 Å². The van der Waals surface area contributed by atoms with Gasteiger partial charge in [-0.3, -0.25) is 0 Å². The smallest absolute Gasteiger partial charge is 0.119 e. The van der Waals surface area contributed by atoms with Gasteiger partial charge in [-0.25, -0.2) is 0 Å². The Bertz CT molecular complexity index is 515. The van der Waals surface area contributed by atoms with E-state index < -0.39 is 0 Å². The van der Waals surface area contributed by atoms with Crippen LogP contribution in [0.3, 0.4) is 0 Å². The van der Waals surface area contributed by atoms with E-state index in [1.165, 1.54) is 11.5 Å². The Labute approximate surface area is 105 Å². The van der Waals surface area contributed by atoms with E-state index in [2.05, 4.69) is 18.2 Å². The molecular formula is C14H15NOS. The maximum atomic E-state index is 9.87. The lowest BCUT2D eigenvalue weighted by Crippen LogP contribution is -1.88. The van der Waals surface area contributed by atoms with Gasteiger partial charge in [0, 0.05) is 5.38 Å². The van der Waals surface area contributed by atoms with E-state index >= 15 is 0 Å². The lowest BCUT2D eigenvalue weighted by Gasteiger charge is -2.08. The lowest BCUT2D eigenvalue weighted by molar-refractivity contribution is 0.465. The predicted molar refractivity (Wildman–Crippen MR) is 73.2 cm³/mol. The van der Waals surface area contributed by atoms with Gasteiger partial charge in [0.2, 0.25) is 0 Å². The molecule has 1 aromatic carbocycles. The fourth-order valence-electron chi connectivity index (χ4n) is 1.64. The van der Waals surface area contributed by atoms with Crippen LogP contribution in [0, 0.1) is 0 Å². The van der Waals surface area contributed by atoms with Crippen molar-refractivity contribution in [1.82, 2.24) is 4.37 Å². The molecule has 0 unspecified atom stereocenters. The zero-order chi connectivity index (χ0) is 12.3. The van der Waals surface area contributed by atoms with Crippen molar-refractivity contribution >= 4 is 23.7 Å². The highest BCUT2D eigenvalue weighted by Crippen LogP contribution is 2.26. The van der Waals surface area contributed by atoms with Crippen LogP contribution in [0.25, 0.3) is 12.2 Å². The molecule has 0 amide bonds. The van der Waals surface area contributed by atoms with Gasteiger partial charge in [0.15, 0.2) is 0 Å². The van der Waals surface area contributed by atoms with Gasteiger partial charge in [0.25, 0.3) is 0 Å². The Kier molecular flexibility index (Phi) is 3.59. The highest BCUT2D eigenvalue weighted by Gasteiger charge is 2.05. The second kappa shape index (κ2) is 5.15. The topological polar surface area (TPSA) is 33.1 Å². The van der Waals surface area contributed by atoms with Gasteiger partial charge in [-0.1, -0.05) is 32.1 Å². The number of hydrogen-bond acceptors (Lipinski definition) is 3. The molecule has 0 saturated carbocycles. The molecule has 2 aromatic rings. The molecule has 0 fully saturated rings. The first-order valence-electron chi connectivity index (χ1n) is 5.58. The summed E-state index contributed by atoms with van der Waals surface area (Å²) < 4.78 is 4.19. The molecule has 17 heavy (non-hydrogen) atoms. The third kappa shape index (κ3) is 2.94. The van der Waals surface area contributed by atoms with Crippen molar-refractivity contribution in [3.63, 3.8) is 0 Å². The quantitative estimate of drug-likeness (QED) is 0.881. The molecule has 1 heterocycles. The Morgan fingerprint density at radius 1 is 1.24 bits per heavy atom. The molecule has 0 aliphatic heterocycles. The summed E-state index contributed by atoms with van der Waals surface area (Å²) in [6.07, 6.45) is 3.90. The summed E-state index contributed by atoms with van der Waals surface area (Å²) in [7, 11) is 0. The van der Waals surface area contributed by atoms with E-state index in [4.69, 9.17) is 0 Å². The average Bonchev–Trinajstić information content (AvgIpc) is 2.78. The van der Waals surface area contributed by atoms with Crippen LogP contribution in [0.5, 0.6) is 5.75 Å². The second-order valence-electron chi connectivity index (χ2n) is 4.23. The SMILES string of the molecule is CC(C)c1ccc(/C=C/c2ccsn2)cc1O. The van der Waals surface area contributed by atoms with Gasteiger partial charge in [-0.15, -0.1) is 0 Å². The fraction of sp³-hybridized carbons (Fsp3) is 0.214. The molecule has 0 spiro atoms. The van der Waals surface area contributed by atoms with Crippen molar-refractivity contribution in [2.75, 3.05) is 0 Å². The summed E-state index contributed by atoms with van der Waals surface area (Å²) in [4.78, 5) is 0. The van der Waals surface area contributed by atoms with E-state index in [0.29, 0.717) is 11.7 Å². The number of phenolic OH excluding ortho intramolecular Hbond substituents is 1. The van der Waals surface area contributed by atoms with E-state index in [9.17, 15) is 5.11 Å². The average molecular weight is 245 g/mol. The van der Waals surface area contributed by atoms with Crippen LogP contribution in [0.4, 0.5) is 0 Å². The molecule has 1 aromatic heterocycles. The molecule has 2 nitrogen and oxygen atoms in total. The third-order valence-corrected chi connectivity index (χ3v) is 3.15. The van der Waals surface area contributed by atoms with Crippen molar-refractivity contribution < 1.29 is 5.11 Å². The van der Waals surface area contributed by atoms with Crippen LogP contribution in [-0.2, 0) is 0 Å². The minimum absolute atomic E-state index is 0.339. The summed E-state index contributed by atoms with van der Waals surface area (Å²) in [5.41, 5.74) is 2.91. The zero-order valence-electron chi connectivity index (χ0n) is 9.92. The molecule has 0 bridgehead atoms. The van der Waals surface area contributed by atoms with Crippen LogP contribution in [0.15, 0.2) is 29.6 Å². The number of aromatic nitrogens is 1. The summed E-state index contributed by atoms with van der Waals surface area (Å²) in [5, 5.41) is 11.8. The summed E-state index contributed by atoms with van der Waals surface area (Å²) in [6.45, 7) is 4.14. The lowest BCUT2D eigenvalue weighted by atomic mass is 10.0. The number of benzene rings is 1. The van der Waals surface area contributed by atoms with Crippen molar-refractivity contribution in [3.05, 3.63) is 46.5 Å². The summed E-state index contributed by atoms with van der Waals surface area (Å²) in [5.74, 6) is 0.701. The molecule has 0 saturated heterocycles. The molecular weight excluding hydrogens is 230 g/mol. The second-order valence-corrected chi connectivity index (χ2v) is 4.90. The van der Waals surface area contributed by atoms with E-state index in [0.717, 1.165) is 16.8 Å². The highest BCUT2D eigenvalue weighted by molar-refractivity contribution is 7.03. The molecule has 3 heteroatoms. The maximum absolute atomic E-state index is 9.87. The van der Waals surface area contributed by atoms with Gasteiger partial charge in [0.1, 0.15) is 5.75 Å². The van der Waals surface area contributed by atoms with Crippen molar-refractivity contribution in [3.8, 4) is 5.75 Å². The Morgan fingerprint density at radius 2 is 2.06 bits per heavy atom. The first kappa shape index (κ1) is 11.9. The van der Waals surface area contributed by atoms with Crippen LogP contribution in [-0.4, -0.2) is 9.48 Å². The molecule has 88 valence electrons. The van der Waals surface area contributed by atoms with Crippen LogP contribution in [0.1, 0.15) is 36.6 Å². The van der Waals surface area contributed by atoms with Gasteiger partial charge >= 0.3 is 0 Å². The standard InChI is InChI=1S/C14H15NOS/c1-10(2)13-6-4-11(9-14(13)16)3-5-12-7-8-17-15-12/h3-10,16H,1-2H3/b5-3+. The number of phenols is 1. The molecule has 0 aliphatic carbocycles. The third-order valence-electron chi connectivity index (χ3n) is 2.58. The molecule has 2 rings (SSSR count). The maximum Gasteiger partial charge on any atom is 0.119 e. The predicted octanol–water partition coefficient (Wildman–Crippen LogP) is 4.14. The number of aromatic hydroxyl groups is 1. The first-order chi connectivity index (χ1) is 8.16. The van der Waals surface area contributed by atoms with E-state index in [-0.39, 0.29) is 0 Å². The van der Waals surface area contributed by atoms with Crippen molar-refractivity contribution in [2.24, 2.45) is 0 Å².